The number of hydrogen-bond acceptors (Lipinski definition) is 3. The van der Waals surface area contributed by atoms with Gasteiger partial charge in [0, 0.05) is 39.6 Å². The SMILES string of the molecule is CN=C(NCCSC)NCC1(CCOC)CCC1. The molecule has 106 valence electrons. The third-order valence-electron chi connectivity index (χ3n) is 3.70. The molecule has 0 spiro atoms. The van der Waals surface area contributed by atoms with Crippen molar-refractivity contribution in [3.05, 3.63) is 0 Å². The summed E-state index contributed by atoms with van der Waals surface area (Å²) in [6.45, 7) is 2.83. The molecule has 0 radical (unpaired) electrons. The van der Waals surface area contributed by atoms with Crippen LogP contribution in [0.3, 0.4) is 0 Å². The summed E-state index contributed by atoms with van der Waals surface area (Å²) in [4.78, 5) is 4.26. The van der Waals surface area contributed by atoms with Crippen molar-refractivity contribution < 1.29 is 4.74 Å². The highest BCUT2D eigenvalue weighted by Gasteiger charge is 2.36. The summed E-state index contributed by atoms with van der Waals surface area (Å²) >= 11 is 1.84. The van der Waals surface area contributed by atoms with Crippen LogP contribution in [-0.4, -0.2) is 51.8 Å². The van der Waals surface area contributed by atoms with Crippen molar-refractivity contribution in [3.8, 4) is 0 Å². The first kappa shape index (κ1) is 15.6. The highest BCUT2D eigenvalue weighted by atomic mass is 32.2. The molecule has 18 heavy (non-hydrogen) atoms. The fourth-order valence-corrected chi connectivity index (χ4v) is 2.58. The van der Waals surface area contributed by atoms with E-state index in [1.54, 1.807) is 7.11 Å². The zero-order valence-electron chi connectivity index (χ0n) is 11.9. The van der Waals surface area contributed by atoms with Gasteiger partial charge in [0.15, 0.2) is 5.96 Å². The van der Waals surface area contributed by atoms with Crippen LogP contribution in [0.15, 0.2) is 4.99 Å². The predicted octanol–water partition coefficient (Wildman–Crippen LogP) is 1.72. The van der Waals surface area contributed by atoms with E-state index in [0.717, 1.165) is 37.8 Å². The first-order chi connectivity index (χ1) is 8.76. The van der Waals surface area contributed by atoms with Gasteiger partial charge >= 0.3 is 0 Å². The molecule has 0 saturated heterocycles. The first-order valence-corrected chi connectivity index (χ1v) is 8.08. The van der Waals surface area contributed by atoms with Gasteiger partial charge in [0.2, 0.25) is 0 Å². The van der Waals surface area contributed by atoms with Crippen LogP contribution in [0.5, 0.6) is 0 Å². The first-order valence-electron chi connectivity index (χ1n) is 6.69. The molecule has 1 aliphatic rings. The maximum atomic E-state index is 5.21. The van der Waals surface area contributed by atoms with Crippen molar-refractivity contribution in [1.29, 1.82) is 0 Å². The Bertz CT molecular complexity index is 255. The van der Waals surface area contributed by atoms with Crippen molar-refractivity contribution >= 4 is 17.7 Å². The summed E-state index contributed by atoms with van der Waals surface area (Å²) < 4.78 is 5.21. The second kappa shape index (κ2) is 8.64. The quantitative estimate of drug-likeness (QED) is 0.401. The van der Waals surface area contributed by atoms with E-state index < -0.39 is 0 Å². The van der Waals surface area contributed by atoms with Gasteiger partial charge in [-0.25, -0.2) is 0 Å². The van der Waals surface area contributed by atoms with Gasteiger partial charge in [0.05, 0.1) is 0 Å². The Kier molecular flexibility index (Phi) is 7.51. The molecule has 0 aliphatic heterocycles. The second-order valence-corrected chi connectivity index (χ2v) is 5.93. The molecular formula is C13H27N3OS. The summed E-state index contributed by atoms with van der Waals surface area (Å²) in [6, 6.07) is 0. The number of nitrogens with zero attached hydrogens (tertiary/aromatic N) is 1. The largest absolute Gasteiger partial charge is 0.385 e. The van der Waals surface area contributed by atoms with Crippen LogP contribution < -0.4 is 10.6 Å². The van der Waals surface area contributed by atoms with E-state index in [4.69, 9.17) is 4.74 Å². The molecule has 0 aromatic rings. The van der Waals surface area contributed by atoms with E-state index in [-0.39, 0.29) is 0 Å². The topological polar surface area (TPSA) is 45.7 Å². The zero-order valence-corrected chi connectivity index (χ0v) is 12.7. The van der Waals surface area contributed by atoms with Gasteiger partial charge in [-0.2, -0.15) is 11.8 Å². The Morgan fingerprint density at radius 3 is 2.67 bits per heavy atom. The van der Waals surface area contributed by atoms with Crippen LogP contribution >= 0.6 is 11.8 Å². The summed E-state index contributed by atoms with van der Waals surface area (Å²) in [5.41, 5.74) is 0.438. The minimum absolute atomic E-state index is 0.438. The normalized spacial score (nSPS) is 18.3. The van der Waals surface area contributed by atoms with Gasteiger partial charge in [-0.3, -0.25) is 4.99 Å². The van der Waals surface area contributed by atoms with Gasteiger partial charge in [0.1, 0.15) is 0 Å². The van der Waals surface area contributed by atoms with Crippen LogP contribution in [0.25, 0.3) is 0 Å². The van der Waals surface area contributed by atoms with Crippen LogP contribution in [0.2, 0.25) is 0 Å². The summed E-state index contributed by atoms with van der Waals surface area (Å²) in [5.74, 6) is 2.03. The number of thioether (sulfide) groups is 1. The molecule has 0 aromatic carbocycles. The number of ether oxygens (including phenoxy) is 1. The maximum absolute atomic E-state index is 5.21. The Morgan fingerprint density at radius 2 is 2.17 bits per heavy atom. The molecule has 1 saturated carbocycles. The summed E-state index contributed by atoms with van der Waals surface area (Å²) in [6.07, 6.45) is 7.24. The van der Waals surface area contributed by atoms with Crippen LogP contribution in [0.1, 0.15) is 25.7 Å². The number of guanidine groups is 1. The standard InChI is InChI=1S/C13H27N3OS/c1-14-12(15-8-10-18-3)16-11-13(5-4-6-13)7-9-17-2/h4-11H2,1-3H3,(H2,14,15,16). The fraction of sp³-hybridized carbons (Fsp3) is 0.923. The molecule has 2 N–H and O–H groups in total. The monoisotopic (exact) mass is 273 g/mol. The Balaban J connectivity index is 2.27. The van der Waals surface area contributed by atoms with E-state index >= 15 is 0 Å². The molecular weight excluding hydrogens is 246 g/mol. The lowest BCUT2D eigenvalue weighted by atomic mass is 9.67. The molecule has 1 aliphatic carbocycles. The molecule has 0 unspecified atom stereocenters. The van der Waals surface area contributed by atoms with E-state index in [0.29, 0.717) is 5.41 Å². The van der Waals surface area contributed by atoms with Crippen molar-refractivity contribution in [2.24, 2.45) is 10.4 Å². The number of nitrogens with one attached hydrogen (secondary N) is 2. The smallest absolute Gasteiger partial charge is 0.191 e. The summed E-state index contributed by atoms with van der Waals surface area (Å²) in [7, 11) is 3.61. The van der Waals surface area contributed by atoms with Gasteiger partial charge in [-0.15, -0.1) is 0 Å². The minimum Gasteiger partial charge on any atom is -0.385 e. The molecule has 5 heteroatoms. The minimum atomic E-state index is 0.438. The third-order valence-corrected chi connectivity index (χ3v) is 4.32. The number of aliphatic imine (C=N–C) groups is 1. The highest BCUT2D eigenvalue weighted by molar-refractivity contribution is 7.98. The van der Waals surface area contributed by atoms with Gasteiger partial charge in [0.25, 0.3) is 0 Å². The lowest BCUT2D eigenvalue weighted by Crippen LogP contribution is -2.47. The van der Waals surface area contributed by atoms with Crippen molar-refractivity contribution in [3.63, 3.8) is 0 Å². The maximum Gasteiger partial charge on any atom is 0.191 e. The number of rotatable bonds is 8. The molecule has 0 atom stereocenters. The van der Waals surface area contributed by atoms with E-state index in [1.807, 2.05) is 18.8 Å². The van der Waals surface area contributed by atoms with Crippen LogP contribution in [0.4, 0.5) is 0 Å². The van der Waals surface area contributed by atoms with Gasteiger partial charge < -0.3 is 15.4 Å². The van der Waals surface area contributed by atoms with Crippen molar-refractivity contribution in [2.75, 3.05) is 45.9 Å². The lowest BCUT2D eigenvalue weighted by molar-refractivity contribution is 0.0733. The Labute approximate surface area is 115 Å². The van der Waals surface area contributed by atoms with Crippen LogP contribution in [-0.2, 0) is 4.74 Å². The second-order valence-electron chi connectivity index (χ2n) is 4.94. The number of hydrogen-bond donors (Lipinski definition) is 2. The molecule has 1 rings (SSSR count). The van der Waals surface area contributed by atoms with Crippen molar-refractivity contribution in [1.82, 2.24) is 10.6 Å². The molecule has 4 nitrogen and oxygen atoms in total. The van der Waals surface area contributed by atoms with Gasteiger partial charge in [-0.05, 0) is 30.9 Å². The molecule has 1 fully saturated rings. The zero-order chi connectivity index (χ0) is 13.3. The van der Waals surface area contributed by atoms with E-state index in [1.165, 1.54) is 19.3 Å². The molecule has 0 heterocycles. The molecule has 0 aromatic heterocycles. The van der Waals surface area contributed by atoms with E-state index in [2.05, 4.69) is 21.9 Å². The van der Waals surface area contributed by atoms with Crippen LogP contribution in [0, 0.1) is 5.41 Å². The van der Waals surface area contributed by atoms with Gasteiger partial charge in [-0.1, -0.05) is 6.42 Å². The number of methoxy groups -OCH3 is 1. The van der Waals surface area contributed by atoms with E-state index in [9.17, 15) is 0 Å². The van der Waals surface area contributed by atoms with Crippen molar-refractivity contribution in [2.45, 2.75) is 25.7 Å². The Hall–Kier alpha value is -0.420. The molecule has 0 amide bonds. The lowest BCUT2D eigenvalue weighted by Gasteiger charge is -2.42. The summed E-state index contributed by atoms with van der Waals surface area (Å²) in [5, 5.41) is 6.79. The highest BCUT2D eigenvalue weighted by Crippen LogP contribution is 2.43. The Morgan fingerprint density at radius 1 is 1.39 bits per heavy atom. The molecule has 0 bridgehead atoms. The average molecular weight is 273 g/mol. The third kappa shape index (κ3) is 5.06. The fourth-order valence-electron chi connectivity index (χ4n) is 2.27. The average Bonchev–Trinajstić information content (AvgIpc) is 2.35. The predicted molar refractivity (Wildman–Crippen MR) is 80.5 cm³/mol.